The van der Waals surface area contributed by atoms with E-state index in [2.05, 4.69) is 10.3 Å². The maximum Gasteiger partial charge on any atom is 0.350 e. The molecule has 1 amide bonds. The number of hydrogen-bond acceptors (Lipinski definition) is 6. The van der Waals surface area contributed by atoms with Crippen molar-refractivity contribution >= 4 is 34.8 Å². The number of nitrogens with zero attached hydrogens (tertiary/aromatic N) is 1. The standard InChI is InChI=1S/C22H21ClN2O4S/c1-14-3-5-16(6-4-14)11-24-19(26)12-29-22(27)21-15(2)25-20(30-21)13-28-18-9-7-17(23)8-10-18/h3-10H,11-13H2,1-2H3,(H,24,26). The molecule has 0 saturated heterocycles. The van der Waals surface area contributed by atoms with Crippen molar-refractivity contribution in [1.82, 2.24) is 10.3 Å². The molecule has 0 radical (unpaired) electrons. The van der Waals surface area contributed by atoms with Crippen molar-refractivity contribution in [3.05, 3.63) is 80.3 Å². The summed E-state index contributed by atoms with van der Waals surface area (Å²) in [7, 11) is 0. The van der Waals surface area contributed by atoms with Crippen LogP contribution < -0.4 is 10.1 Å². The van der Waals surface area contributed by atoms with Gasteiger partial charge in [0.05, 0.1) is 5.69 Å². The smallest absolute Gasteiger partial charge is 0.350 e. The fourth-order valence-electron chi connectivity index (χ4n) is 2.53. The molecule has 8 heteroatoms. The van der Waals surface area contributed by atoms with E-state index in [-0.39, 0.29) is 19.1 Å². The molecule has 0 unspecified atom stereocenters. The van der Waals surface area contributed by atoms with Crippen molar-refractivity contribution in [2.75, 3.05) is 6.61 Å². The van der Waals surface area contributed by atoms with E-state index < -0.39 is 5.97 Å². The average Bonchev–Trinajstić information content (AvgIpc) is 3.12. The number of hydrogen-bond donors (Lipinski definition) is 1. The first-order valence-corrected chi connectivity index (χ1v) is 10.4. The first kappa shape index (κ1) is 21.8. The second-order valence-corrected chi connectivity index (χ2v) is 8.12. The number of carbonyl (C=O) groups excluding carboxylic acids is 2. The first-order chi connectivity index (χ1) is 14.4. The third-order valence-corrected chi connectivity index (χ3v) is 5.51. The molecule has 0 aliphatic carbocycles. The molecule has 0 fully saturated rings. The van der Waals surface area contributed by atoms with Crippen LogP contribution in [0.2, 0.25) is 5.02 Å². The summed E-state index contributed by atoms with van der Waals surface area (Å²) in [6.45, 7) is 3.97. The minimum absolute atomic E-state index is 0.220. The summed E-state index contributed by atoms with van der Waals surface area (Å²) >= 11 is 7.04. The van der Waals surface area contributed by atoms with Gasteiger partial charge in [0.25, 0.3) is 5.91 Å². The number of carbonyl (C=O) groups is 2. The molecule has 3 rings (SSSR count). The molecule has 30 heavy (non-hydrogen) atoms. The lowest BCUT2D eigenvalue weighted by molar-refractivity contribution is -0.124. The minimum Gasteiger partial charge on any atom is -0.486 e. The molecule has 0 aliphatic heterocycles. The number of rotatable bonds is 8. The Morgan fingerprint density at radius 3 is 2.47 bits per heavy atom. The van der Waals surface area contributed by atoms with E-state index in [4.69, 9.17) is 21.1 Å². The normalized spacial score (nSPS) is 10.5. The summed E-state index contributed by atoms with van der Waals surface area (Å²) in [5, 5.41) is 3.99. The summed E-state index contributed by atoms with van der Waals surface area (Å²) in [6, 6.07) is 14.8. The van der Waals surface area contributed by atoms with Gasteiger partial charge in [0.1, 0.15) is 22.2 Å². The van der Waals surface area contributed by atoms with Gasteiger partial charge in [-0.2, -0.15) is 0 Å². The van der Waals surface area contributed by atoms with Crippen molar-refractivity contribution < 1.29 is 19.1 Å². The first-order valence-electron chi connectivity index (χ1n) is 9.25. The molecule has 2 aromatic carbocycles. The molecule has 1 heterocycles. The van der Waals surface area contributed by atoms with Crippen LogP contribution in [-0.2, 0) is 22.7 Å². The molecule has 156 valence electrons. The van der Waals surface area contributed by atoms with Crippen molar-refractivity contribution in [2.24, 2.45) is 0 Å². The highest BCUT2D eigenvalue weighted by Gasteiger charge is 2.18. The SMILES string of the molecule is Cc1ccc(CNC(=O)COC(=O)c2sc(COc3ccc(Cl)cc3)nc2C)cc1. The van der Waals surface area contributed by atoms with Gasteiger partial charge in [0, 0.05) is 11.6 Å². The average molecular weight is 445 g/mol. The maximum absolute atomic E-state index is 12.3. The minimum atomic E-state index is -0.576. The lowest BCUT2D eigenvalue weighted by Gasteiger charge is -2.06. The lowest BCUT2D eigenvalue weighted by Crippen LogP contribution is -2.28. The molecule has 3 aromatic rings. The highest BCUT2D eigenvalue weighted by Crippen LogP contribution is 2.22. The number of ether oxygens (including phenoxy) is 2. The Morgan fingerprint density at radius 1 is 1.07 bits per heavy atom. The zero-order chi connectivity index (χ0) is 21.5. The molecule has 1 N–H and O–H groups in total. The van der Waals surface area contributed by atoms with E-state index in [0.29, 0.717) is 32.9 Å². The monoisotopic (exact) mass is 444 g/mol. The predicted molar refractivity (Wildman–Crippen MR) is 116 cm³/mol. The van der Waals surface area contributed by atoms with Crippen molar-refractivity contribution in [1.29, 1.82) is 0 Å². The molecule has 0 aliphatic rings. The van der Waals surface area contributed by atoms with Gasteiger partial charge >= 0.3 is 5.97 Å². The Hall–Kier alpha value is -2.90. The second-order valence-electron chi connectivity index (χ2n) is 6.60. The van der Waals surface area contributed by atoms with Gasteiger partial charge in [-0.3, -0.25) is 4.79 Å². The summed E-state index contributed by atoms with van der Waals surface area (Å²) in [4.78, 5) is 29.0. The van der Waals surface area contributed by atoms with Crippen molar-refractivity contribution in [3.63, 3.8) is 0 Å². The third-order valence-electron chi connectivity index (χ3n) is 4.15. The van der Waals surface area contributed by atoms with Crippen LogP contribution >= 0.6 is 22.9 Å². The molecule has 1 aromatic heterocycles. The molecular formula is C22H21ClN2O4S. The zero-order valence-electron chi connectivity index (χ0n) is 16.6. The van der Waals surface area contributed by atoms with Gasteiger partial charge in [-0.25, -0.2) is 9.78 Å². The van der Waals surface area contributed by atoms with Gasteiger partial charge in [-0.15, -0.1) is 11.3 Å². The number of aromatic nitrogens is 1. The quantitative estimate of drug-likeness (QED) is 0.519. The second kappa shape index (κ2) is 10.2. The van der Waals surface area contributed by atoms with Crippen LogP contribution in [0.1, 0.15) is 31.5 Å². The highest BCUT2D eigenvalue weighted by molar-refractivity contribution is 7.13. The van der Waals surface area contributed by atoms with E-state index >= 15 is 0 Å². The van der Waals surface area contributed by atoms with E-state index in [0.717, 1.165) is 11.1 Å². The summed E-state index contributed by atoms with van der Waals surface area (Å²) < 4.78 is 10.8. The Labute approximate surface area is 183 Å². The van der Waals surface area contributed by atoms with Crippen LogP contribution in [0.5, 0.6) is 5.75 Å². The maximum atomic E-state index is 12.3. The Kier molecular flexibility index (Phi) is 7.43. The molecule has 0 spiro atoms. The predicted octanol–water partition coefficient (Wildman–Crippen LogP) is 4.47. The number of halogens is 1. The summed E-state index contributed by atoms with van der Waals surface area (Å²) in [6.07, 6.45) is 0. The molecular weight excluding hydrogens is 424 g/mol. The van der Waals surface area contributed by atoms with E-state index in [1.165, 1.54) is 11.3 Å². The highest BCUT2D eigenvalue weighted by atomic mass is 35.5. The fourth-order valence-corrected chi connectivity index (χ4v) is 3.53. The van der Waals surface area contributed by atoms with Crippen LogP contribution in [0.4, 0.5) is 0 Å². The van der Waals surface area contributed by atoms with Gasteiger partial charge in [0.2, 0.25) is 0 Å². The van der Waals surface area contributed by atoms with E-state index in [1.807, 2.05) is 31.2 Å². The molecule has 0 bridgehead atoms. The lowest BCUT2D eigenvalue weighted by atomic mass is 10.1. The molecule has 6 nitrogen and oxygen atoms in total. The number of nitrogens with one attached hydrogen (secondary N) is 1. The van der Waals surface area contributed by atoms with Crippen LogP contribution in [0, 0.1) is 13.8 Å². The van der Waals surface area contributed by atoms with Gasteiger partial charge in [0.15, 0.2) is 6.61 Å². The van der Waals surface area contributed by atoms with Crippen LogP contribution in [0.15, 0.2) is 48.5 Å². The van der Waals surface area contributed by atoms with Crippen molar-refractivity contribution in [2.45, 2.75) is 27.0 Å². The number of benzene rings is 2. The van der Waals surface area contributed by atoms with Gasteiger partial charge in [-0.1, -0.05) is 41.4 Å². The largest absolute Gasteiger partial charge is 0.486 e. The van der Waals surface area contributed by atoms with Crippen LogP contribution in [0.3, 0.4) is 0 Å². The Morgan fingerprint density at radius 2 is 1.77 bits per heavy atom. The third kappa shape index (κ3) is 6.30. The van der Waals surface area contributed by atoms with Gasteiger partial charge in [-0.05, 0) is 43.7 Å². The summed E-state index contributed by atoms with van der Waals surface area (Å²) in [5.74, 6) is -0.285. The van der Waals surface area contributed by atoms with Crippen LogP contribution in [-0.4, -0.2) is 23.5 Å². The number of esters is 1. The van der Waals surface area contributed by atoms with Gasteiger partial charge < -0.3 is 14.8 Å². The molecule has 0 saturated carbocycles. The van der Waals surface area contributed by atoms with Crippen molar-refractivity contribution in [3.8, 4) is 5.75 Å². The number of aryl methyl sites for hydroxylation is 2. The Bertz CT molecular complexity index is 1020. The Balaban J connectivity index is 1.47. The number of amides is 1. The van der Waals surface area contributed by atoms with E-state index in [1.54, 1.807) is 31.2 Å². The topological polar surface area (TPSA) is 77.5 Å². The summed E-state index contributed by atoms with van der Waals surface area (Å²) in [5.41, 5.74) is 2.67. The van der Waals surface area contributed by atoms with Crippen LogP contribution in [0.25, 0.3) is 0 Å². The zero-order valence-corrected chi connectivity index (χ0v) is 18.2. The fraction of sp³-hybridized carbons (Fsp3) is 0.227. The molecule has 0 atom stereocenters. The van der Waals surface area contributed by atoms with E-state index in [9.17, 15) is 9.59 Å². The number of thiazole rings is 1.